The largest absolute Gasteiger partial charge is 0.322 e. The maximum Gasteiger partial charge on any atom is 0.279 e. The van der Waals surface area contributed by atoms with Gasteiger partial charge < -0.3 is 15.5 Å². The van der Waals surface area contributed by atoms with Gasteiger partial charge in [-0.2, -0.15) is 5.26 Å². The highest BCUT2D eigenvalue weighted by Crippen LogP contribution is 2.13. The van der Waals surface area contributed by atoms with E-state index in [1.165, 1.54) is 0 Å². The third-order valence-corrected chi connectivity index (χ3v) is 3.58. The number of nitriles is 1. The van der Waals surface area contributed by atoms with Crippen LogP contribution in [0.3, 0.4) is 0 Å². The number of nitrogens with zero attached hydrogens (tertiary/aromatic N) is 1. The highest BCUT2D eigenvalue weighted by Gasteiger charge is 2.14. The van der Waals surface area contributed by atoms with Crippen LogP contribution < -0.4 is 15.5 Å². The molecule has 1 atom stereocenters. The summed E-state index contributed by atoms with van der Waals surface area (Å²) in [5.74, 6) is -0.425. The maximum atomic E-state index is 12.0. The smallest absolute Gasteiger partial charge is 0.279 e. The van der Waals surface area contributed by atoms with Crippen molar-refractivity contribution in [2.75, 3.05) is 30.8 Å². The summed E-state index contributed by atoms with van der Waals surface area (Å²) in [5.41, 5.74) is 1.68. The first-order valence-corrected chi connectivity index (χ1v) is 8.01. The van der Waals surface area contributed by atoms with Crippen LogP contribution in [0.15, 0.2) is 48.5 Å². The third kappa shape index (κ3) is 6.26. The molecule has 0 fully saturated rings. The fourth-order valence-electron chi connectivity index (χ4n) is 2.22. The number of carbonyl (C=O) groups excluding carboxylic acids is 2. The molecule has 0 aromatic heterocycles. The Bertz CT molecular complexity index is 799. The van der Waals surface area contributed by atoms with Crippen LogP contribution in [0, 0.1) is 11.3 Å². The summed E-state index contributed by atoms with van der Waals surface area (Å²) >= 11 is 5.80. The Morgan fingerprint density at radius 2 is 1.64 bits per heavy atom. The molecule has 3 N–H and O–H groups in total. The van der Waals surface area contributed by atoms with Gasteiger partial charge in [-0.15, -0.1) is 0 Å². The Hall–Kier alpha value is -2.88. The molecule has 25 heavy (non-hydrogen) atoms. The zero-order valence-electron chi connectivity index (χ0n) is 13.7. The van der Waals surface area contributed by atoms with Gasteiger partial charge in [0.05, 0.1) is 18.7 Å². The molecule has 1 unspecified atom stereocenters. The van der Waals surface area contributed by atoms with E-state index >= 15 is 0 Å². The minimum atomic E-state index is -0.230. The van der Waals surface area contributed by atoms with Gasteiger partial charge >= 0.3 is 0 Å². The van der Waals surface area contributed by atoms with Gasteiger partial charge in [-0.1, -0.05) is 17.7 Å². The van der Waals surface area contributed by atoms with E-state index in [1.807, 2.05) is 6.07 Å². The van der Waals surface area contributed by atoms with Crippen molar-refractivity contribution in [2.24, 2.45) is 0 Å². The van der Waals surface area contributed by atoms with Crippen molar-refractivity contribution in [1.82, 2.24) is 0 Å². The van der Waals surface area contributed by atoms with Gasteiger partial charge in [0.2, 0.25) is 0 Å². The van der Waals surface area contributed by atoms with Crippen LogP contribution in [-0.2, 0) is 9.59 Å². The minimum Gasteiger partial charge on any atom is -0.322 e. The van der Waals surface area contributed by atoms with Gasteiger partial charge in [0.25, 0.3) is 11.8 Å². The average molecular weight is 358 g/mol. The maximum absolute atomic E-state index is 12.0. The SMILES string of the molecule is C[NH+](CC(=O)Nc1ccc(Cl)cc1)CC(=O)Nc1cccc(C#N)c1. The summed E-state index contributed by atoms with van der Waals surface area (Å²) < 4.78 is 0. The Morgan fingerprint density at radius 3 is 2.24 bits per heavy atom. The lowest BCUT2D eigenvalue weighted by atomic mass is 10.2. The van der Waals surface area contributed by atoms with Gasteiger partial charge in [0.1, 0.15) is 0 Å². The molecule has 0 aliphatic heterocycles. The quantitative estimate of drug-likeness (QED) is 0.728. The van der Waals surface area contributed by atoms with Crippen LogP contribution in [0.5, 0.6) is 0 Å². The predicted molar refractivity (Wildman–Crippen MR) is 96.5 cm³/mol. The fourth-order valence-corrected chi connectivity index (χ4v) is 2.35. The Balaban J connectivity index is 1.81. The van der Waals surface area contributed by atoms with Gasteiger partial charge in [-0.3, -0.25) is 9.59 Å². The lowest BCUT2D eigenvalue weighted by Gasteiger charge is -2.14. The average Bonchev–Trinajstić information content (AvgIpc) is 2.56. The van der Waals surface area contributed by atoms with Crippen molar-refractivity contribution in [1.29, 1.82) is 5.26 Å². The van der Waals surface area contributed by atoms with E-state index in [0.717, 1.165) is 4.90 Å². The Labute approximate surface area is 151 Å². The number of quaternary nitrogens is 1. The lowest BCUT2D eigenvalue weighted by Crippen LogP contribution is -3.11. The number of likely N-dealkylation sites (N-methyl/N-ethyl adjacent to an activating group) is 1. The molecule has 0 radical (unpaired) electrons. The number of carbonyl (C=O) groups is 2. The van der Waals surface area contributed by atoms with Crippen molar-refractivity contribution in [3.63, 3.8) is 0 Å². The monoisotopic (exact) mass is 357 g/mol. The molecule has 0 heterocycles. The highest BCUT2D eigenvalue weighted by molar-refractivity contribution is 6.30. The number of rotatable bonds is 6. The first-order valence-electron chi connectivity index (χ1n) is 7.63. The normalized spacial score (nSPS) is 11.2. The number of anilines is 2. The number of halogens is 1. The molecule has 128 valence electrons. The fraction of sp³-hybridized carbons (Fsp3) is 0.167. The molecular weight excluding hydrogens is 340 g/mol. The molecule has 0 saturated carbocycles. The predicted octanol–water partition coefficient (Wildman–Crippen LogP) is 1.30. The van der Waals surface area contributed by atoms with Crippen LogP contribution in [0.2, 0.25) is 5.02 Å². The molecule has 2 aromatic carbocycles. The van der Waals surface area contributed by atoms with E-state index in [-0.39, 0.29) is 24.9 Å². The summed E-state index contributed by atoms with van der Waals surface area (Å²) in [6.07, 6.45) is 0. The molecule has 7 heteroatoms. The second-order valence-electron chi connectivity index (χ2n) is 5.61. The summed E-state index contributed by atoms with van der Waals surface area (Å²) in [5, 5.41) is 14.9. The second-order valence-corrected chi connectivity index (χ2v) is 6.04. The Kier molecular flexibility index (Phi) is 6.52. The molecular formula is C18H18ClN4O2+. The van der Waals surface area contributed by atoms with E-state index in [0.29, 0.717) is 22.0 Å². The number of nitrogens with one attached hydrogen (secondary N) is 3. The lowest BCUT2D eigenvalue weighted by molar-refractivity contribution is -0.862. The first-order chi connectivity index (χ1) is 12.0. The number of benzene rings is 2. The number of hydrogen-bond acceptors (Lipinski definition) is 3. The standard InChI is InChI=1S/C18H17ClN4O2/c1-23(11-17(24)21-15-7-5-14(19)6-8-15)12-18(25)22-16-4-2-3-13(9-16)10-20/h2-9H,11-12H2,1H3,(H,21,24)(H,22,25)/p+1. The van der Waals surface area contributed by atoms with Gasteiger partial charge in [0, 0.05) is 16.4 Å². The summed E-state index contributed by atoms with van der Waals surface area (Å²) in [6.45, 7) is 0.277. The van der Waals surface area contributed by atoms with Crippen LogP contribution in [-0.4, -0.2) is 32.0 Å². The topological polar surface area (TPSA) is 86.4 Å². The molecule has 0 saturated heterocycles. The van der Waals surface area contributed by atoms with E-state index in [9.17, 15) is 9.59 Å². The third-order valence-electron chi connectivity index (χ3n) is 3.33. The van der Waals surface area contributed by atoms with E-state index in [1.54, 1.807) is 55.6 Å². The van der Waals surface area contributed by atoms with Crippen LogP contribution in [0.1, 0.15) is 5.56 Å². The molecule has 6 nitrogen and oxygen atoms in total. The molecule has 0 spiro atoms. The summed E-state index contributed by atoms with van der Waals surface area (Å²) in [4.78, 5) is 24.8. The van der Waals surface area contributed by atoms with Crippen molar-refractivity contribution < 1.29 is 14.5 Å². The van der Waals surface area contributed by atoms with E-state index in [4.69, 9.17) is 16.9 Å². The van der Waals surface area contributed by atoms with Gasteiger partial charge in [-0.05, 0) is 42.5 Å². The minimum absolute atomic E-state index is 0.130. The van der Waals surface area contributed by atoms with Crippen LogP contribution in [0.25, 0.3) is 0 Å². The van der Waals surface area contributed by atoms with E-state index in [2.05, 4.69) is 10.6 Å². The molecule has 0 aliphatic carbocycles. The van der Waals surface area contributed by atoms with Crippen molar-refractivity contribution in [3.8, 4) is 6.07 Å². The molecule has 0 aliphatic rings. The van der Waals surface area contributed by atoms with Gasteiger partial charge in [0.15, 0.2) is 13.1 Å². The van der Waals surface area contributed by atoms with Crippen molar-refractivity contribution in [3.05, 3.63) is 59.1 Å². The van der Waals surface area contributed by atoms with E-state index < -0.39 is 0 Å². The zero-order valence-corrected chi connectivity index (χ0v) is 14.4. The highest BCUT2D eigenvalue weighted by atomic mass is 35.5. The second kappa shape index (κ2) is 8.83. The number of amides is 2. The summed E-state index contributed by atoms with van der Waals surface area (Å²) in [7, 11) is 1.76. The molecule has 2 amide bonds. The first kappa shape index (κ1) is 18.5. The van der Waals surface area contributed by atoms with Crippen LogP contribution in [0.4, 0.5) is 11.4 Å². The van der Waals surface area contributed by atoms with Crippen molar-refractivity contribution >= 4 is 34.8 Å². The summed E-state index contributed by atoms with van der Waals surface area (Å²) in [6, 6.07) is 15.5. The molecule has 2 aromatic rings. The Morgan fingerprint density at radius 1 is 1.04 bits per heavy atom. The van der Waals surface area contributed by atoms with Crippen molar-refractivity contribution in [2.45, 2.75) is 0 Å². The van der Waals surface area contributed by atoms with Crippen LogP contribution >= 0.6 is 11.6 Å². The molecule has 0 bridgehead atoms. The number of hydrogen-bond donors (Lipinski definition) is 3. The zero-order chi connectivity index (χ0) is 18.2. The molecule has 2 rings (SSSR count). The van der Waals surface area contributed by atoms with Gasteiger partial charge in [-0.25, -0.2) is 0 Å².